The molecule has 0 bridgehead atoms. The van der Waals surface area contributed by atoms with Gasteiger partial charge in [0.25, 0.3) is 0 Å². The lowest BCUT2D eigenvalue weighted by Gasteiger charge is -2.18. The van der Waals surface area contributed by atoms with Gasteiger partial charge in [-0.3, -0.25) is 4.79 Å². The van der Waals surface area contributed by atoms with E-state index in [2.05, 4.69) is 12.2 Å². The summed E-state index contributed by atoms with van der Waals surface area (Å²) in [5.74, 6) is -0.0115. The van der Waals surface area contributed by atoms with Crippen molar-refractivity contribution in [3.8, 4) is 0 Å². The average molecular weight is 400 g/mol. The topological polar surface area (TPSA) is 55.4 Å². The molecule has 1 aromatic carbocycles. The molecule has 28 heavy (non-hydrogen) atoms. The van der Waals surface area contributed by atoms with Gasteiger partial charge in [0.1, 0.15) is 5.00 Å². The molecule has 0 fully saturated rings. The fraction of sp³-hybridized carbons (Fsp3) is 0.478. The highest BCUT2D eigenvalue weighted by Gasteiger charge is 2.30. The number of hydrogen-bond donors (Lipinski definition) is 1. The minimum Gasteiger partial charge on any atom is -0.462 e. The molecule has 0 saturated heterocycles. The molecule has 2 atom stereocenters. The van der Waals surface area contributed by atoms with Crippen LogP contribution in [0.5, 0.6) is 0 Å². The summed E-state index contributed by atoms with van der Waals surface area (Å²) in [6.07, 6.45) is 4.37. The van der Waals surface area contributed by atoms with E-state index in [9.17, 15) is 9.59 Å². The molecule has 4 nitrogen and oxygen atoms in total. The quantitative estimate of drug-likeness (QED) is 0.619. The number of anilines is 1. The summed E-state index contributed by atoms with van der Waals surface area (Å²) >= 11 is 1.55. The zero-order valence-electron chi connectivity index (χ0n) is 16.9. The fourth-order valence-corrected chi connectivity index (χ4v) is 5.18. The third-order valence-corrected chi connectivity index (χ3v) is 6.49. The maximum Gasteiger partial charge on any atom is 0.341 e. The number of amides is 1. The maximum absolute atomic E-state index is 13.1. The summed E-state index contributed by atoms with van der Waals surface area (Å²) in [4.78, 5) is 27.0. The molecule has 0 unspecified atom stereocenters. The molecule has 1 aliphatic rings. The molecule has 150 valence electrons. The Bertz CT molecular complexity index is 828. The molecule has 1 aromatic heterocycles. The van der Waals surface area contributed by atoms with E-state index >= 15 is 0 Å². The van der Waals surface area contributed by atoms with E-state index in [1.54, 1.807) is 11.3 Å². The number of fused-ring (bicyclic) bond motifs is 1. The molecule has 0 spiro atoms. The smallest absolute Gasteiger partial charge is 0.341 e. The first kappa shape index (κ1) is 20.6. The summed E-state index contributed by atoms with van der Waals surface area (Å²) in [6.45, 7) is 6.62. The van der Waals surface area contributed by atoms with Gasteiger partial charge in [-0.2, -0.15) is 0 Å². The summed E-state index contributed by atoms with van der Waals surface area (Å²) in [5, 5.41) is 3.72. The molecule has 3 rings (SSSR count). The first-order chi connectivity index (χ1) is 13.5. The summed E-state index contributed by atoms with van der Waals surface area (Å²) in [6, 6.07) is 9.80. The minimum absolute atomic E-state index is 0.0649. The Kier molecular flexibility index (Phi) is 6.89. The number of benzene rings is 1. The molecular formula is C23H29NO3S. The van der Waals surface area contributed by atoms with Crippen molar-refractivity contribution in [3.05, 3.63) is 51.9 Å². The van der Waals surface area contributed by atoms with Gasteiger partial charge in [0, 0.05) is 4.88 Å². The van der Waals surface area contributed by atoms with Crippen LogP contribution in [0.3, 0.4) is 0 Å². The van der Waals surface area contributed by atoms with Crippen LogP contribution in [-0.4, -0.2) is 18.5 Å². The molecular weight excluding hydrogens is 370 g/mol. The Hall–Kier alpha value is -2.14. The number of rotatable bonds is 7. The maximum atomic E-state index is 13.1. The van der Waals surface area contributed by atoms with Gasteiger partial charge in [0.15, 0.2) is 0 Å². The van der Waals surface area contributed by atoms with Crippen molar-refractivity contribution in [2.24, 2.45) is 5.92 Å². The molecule has 0 aliphatic heterocycles. The lowest BCUT2D eigenvalue weighted by molar-refractivity contribution is -0.117. The van der Waals surface area contributed by atoms with Crippen LogP contribution < -0.4 is 5.32 Å². The van der Waals surface area contributed by atoms with Gasteiger partial charge in [-0.05, 0) is 49.1 Å². The van der Waals surface area contributed by atoms with E-state index < -0.39 is 0 Å². The molecule has 5 heteroatoms. The molecule has 2 aromatic rings. The van der Waals surface area contributed by atoms with Gasteiger partial charge < -0.3 is 10.1 Å². The van der Waals surface area contributed by atoms with Gasteiger partial charge >= 0.3 is 5.97 Å². The zero-order chi connectivity index (χ0) is 20.1. The molecule has 1 amide bonds. The van der Waals surface area contributed by atoms with Gasteiger partial charge in [0.05, 0.1) is 18.1 Å². The Morgan fingerprint density at radius 3 is 2.68 bits per heavy atom. The van der Waals surface area contributed by atoms with Gasteiger partial charge in [0.2, 0.25) is 5.91 Å². The molecule has 1 heterocycles. The van der Waals surface area contributed by atoms with E-state index in [-0.39, 0.29) is 17.8 Å². The van der Waals surface area contributed by atoms with Crippen LogP contribution in [0, 0.1) is 5.92 Å². The van der Waals surface area contributed by atoms with E-state index in [4.69, 9.17) is 4.74 Å². The fourth-order valence-electron chi connectivity index (χ4n) is 3.78. The van der Waals surface area contributed by atoms with Crippen molar-refractivity contribution in [1.82, 2.24) is 0 Å². The Labute approximate surface area is 171 Å². The van der Waals surface area contributed by atoms with Gasteiger partial charge in [-0.1, -0.05) is 51.1 Å². The largest absolute Gasteiger partial charge is 0.462 e. The predicted octanol–water partition coefficient (Wildman–Crippen LogP) is 5.57. The number of carbonyl (C=O) groups excluding carboxylic acids is 2. The standard InChI is InChI=1S/C23H29NO3S/c1-4-13-27-23(26)20-18-12-11-15(3)14-19(18)28-22(20)24-21(25)17(5-2)16-9-7-6-8-10-16/h6-10,15,17H,4-5,11-14H2,1-3H3,(H,24,25)/t15-,17+/m0/s1. The number of carbonyl (C=O) groups is 2. The van der Waals surface area contributed by atoms with E-state index in [0.717, 1.165) is 36.8 Å². The van der Waals surface area contributed by atoms with Crippen LogP contribution >= 0.6 is 11.3 Å². The first-order valence-corrected chi connectivity index (χ1v) is 11.0. The second-order valence-electron chi connectivity index (χ2n) is 7.55. The first-order valence-electron chi connectivity index (χ1n) is 10.2. The normalized spacial score (nSPS) is 16.9. The van der Waals surface area contributed by atoms with Gasteiger partial charge in [-0.15, -0.1) is 11.3 Å². The summed E-state index contributed by atoms with van der Waals surface area (Å²) in [5.41, 5.74) is 2.65. The average Bonchev–Trinajstić information content (AvgIpc) is 3.04. The summed E-state index contributed by atoms with van der Waals surface area (Å²) < 4.78 is 5.44. The van der Waals surface area contributed by atoms with Crippen LogP contribution in [-0.2, 0) is 22.4 Å². The second-order valence-corrected chi connectivity index (χ2v) is 8.66. The van der Waals surface area contributed by atoms with Crippen molar-refractivity contribution < 1.29 is 14.3 Å². The number of ether oxygens (including phenoxy) is 1. The van der Waals surface area contributed by atoms with Crippen molar-refractivity contribution in [2.75, 3.05) is 11.9 Å². The summed E-state index contributed by atoms with van der Waals surface area (Å²) in [7, 11) is 0. The minimum atomic E-state index is -0.308. The van der Waals surface area contributed by atoms with Crippen LogP contribution in [0.4, 0.5) is 5.00 Å². The molecule has 1 N–H and O–H groups in total. The SMILES string of the molecule is CCCOC(=O)c1c(NC(=O)[C@H](CC)c2ccccc2)sc2c1CC[C@H](C)C2. The van der Waals surface area contributed by atoms with Crippen LogP contribution in [0.15, 0.2) is 30.3 Å². The highest BCUT2D eigenvalue weighted by Crippen LogP contribution is 2.40. The van der Waals surface area contributed by atoms with Gasteiger partial charge in [-0.25, -0.2) is 4.79 Å². The molecule has 1 aliphatic carbocycles. The number of thiophene rings is 1. The lowest BCUT2D eigenvalue weighted by atomic mass is 9.88. The second kappa shape index (κ2) is 9.37. The third-order valence-electron chi connectivity index (χ3n) is 5.32. The van der Waals surface area contributed by atoms with Crippen molar-refractivity contribution >= 4 is 28.2 Å². The van der Waals surface area contributed by atoms with Crippen molar-refractivity contribution in [3.63, 3.8) is 0 Å². The van der Waals surface area contributed by atoms with Crippen molar-refractivity contribution in [1.29, 1.82) is 0 Å². The molecule has 0 radical (unpaired) electrons. The zero-order valence-corrected chi connectivity index (χ0v) is 17.7. The highest BCUT2D eigenvalue weighted by molar-refractivity contribution is 7.17. The van der Waals surface area contributed by atoms with Crippen molar-refractivity contribution in [2.45, 2.75) is 58.8 Å². The Balaban J connectivity index is 1.90. The van der Waals surface area contributed by atoms with E-state index in [1.807, 2.05) is 44.2 Å². The molecule has 0 saturated carbocycles. The van der Waals surface area contributed by atoms with Crippen LogP contribution in [0.2, 0.25) is 0 Å². The number of hydrogen-bond acceptors (Lipinski definition) is 4. The monoisotopic (exact) mass is 399 g/mol. The van der Waals surface area contributed by atoms with Crippen LogP contribution in [0.1, 0.15) is 72.3 Å². The van der Waals surface area contributed by atoms with Crippen LogP contribution in [0.25, 0.3) is 0 Å². The van der Waals surface area contributed by atoms with E-state index in [1.165, 1.54) is 4.88 Å². The number of esters is 1. The third kappa shape index (κ3) is 4.46. The number of nitrogens with one attached hydrogen (secondary N) is 1. The van der Waals surface area contributed by atoms with E-state index in [0.29, 0.717) is 29.5 Å². The predicted molar refractivity (Wildman–Crippen MR) is 114 cm³/mol. The highest BCUT2D eigenvalue weighted by atomic mass is 32.1. The lowest BCUT2D eigenvalue weighted by Crippen LogP contribution is -2.22. The Morgan fingerprint density at radius 2 is 2.00 bits per heavy atom. The Morgan fingerprint density at radius 1 is 1.25 bits per heavy atom.